The maximum absolute atomic E-state index is 5.87. The Hall–Kier alpha value is -1.00. The van der Waals surface area contributed by atoms with E-state index >= 15 is 0 Å². The van der Waals surface area contributed by atoms with Gasteiger partial charge in [0, 0.05) is 18.9 Å². The van der Waals surface area contributed by atoms with Crippen molar-refractivity contribution in [1.82, 2.24) is 15.3 Å². The molecule has 2 heterocycles. The van der Waals surface area contributed by atoms with Crippen LogP contribution in [-0.4, -0.2) is 28.7 Å². The molecule has 1 aromatic rings. The number of ether oxygens (including phenoxy) is 1. The molecule has 1 aromatic heterocycles. The molecule has 2 rings (SSSR count). The second-order valence-corrected chi connectivity index (χ2v) is 4.18. The first-order valence-corrected chi connectivity index (χ1v) is 5.39. The Kier molecular flexibility index (Phi) is 3.28. The van der Waals surface area contributed by atoms with Gasteiger partial charge >= 0.3 is 0 Å². The van der Waals surface area contributed by atoms with Crippen LogP contribution in [0, 0.1) is 0 Å². The average molecular weight is 207 g/mol. The standard InChI is InChI=1S/C11H17N3O/c1-11(4-2-5-12-9-11)15-8-10-13-6-3-7-14-10/h3,6-7,12H,2,4-5,8-9H2,1H3. The molecule has 0 bridgehead atoms. The van der Waals surface area contributed by atoms with E-state index in [1.54, 1.807) is 12.4 Å². The SMILES string of the molecule is CC1(OCc2ncccn2)CCCNC1. The monoisotopic (exact) mass is 207 g/mol. The van der Waals surface area contributed by atoms with Gasteiger partial charge in [-0.3, -0.25) is 0 Å². The van der Waals surface area contributed by atoms with Crippen molar-refractivity contribution < 1.29 is 4.74 Å². The first-order chi connectivity index (χ1) is 7.29. The highest BCUT2D eigenvalue weighted by atomic mass is 16.5. The van der Waals surface area contributed by atoms with Crippen molar-refractivity contribution in [3.63, 3.8) is 0 Å². The van der Waals surface area contributed by atoms with Crippen molar-refractivity contribution in [3.8, 4) is 0 Å². The van der Waals surface area contributed by atoms with Crippen LogP contribution in [0.25, 0.3) is 0 Å². The quantitative estimate of drug-likeness (QED) is 0.807. The zero-order chi connectivity index (χ0) is 10.6. The minimum atomic E-state index is -0.0581. The lowest BCUT2D eigenvalue weighted by atomic mass is 9.96. The van der Waals surface area contributed by atoms with E-state index in [0.29, 0.717) is 6.61 Å². The molecule has 4 heteroatoms. The van der Waals surface area contributed by atoms with E-state index in [2.05, 4.69) is 22.2 Å². The van der Waals surface area contributed by atoms with Crippen LogP contribution in [0.1, 0.15) is 25.6 Å². The highest BCUT2D eigenvalue weighted by Crippen LogP contribution is 2.20. The highest BCUT2D eigenvalue weighted by molar-refractivity contribution is 4.88. The number of nitrogens with zero attached hydrogens (tertiary/aromatic N) is 2. The minimum Gasteiger partial charge on any atom is -0.366 e. The van der Waals surface area contributed by atoms with Gasteiger partial charge in [0.1, 0.15) is 6.61 Å². The van der Waals surface area contributed by atoms with Crippen molar-refractivity contribution >= 4 is 0 Å². The topological polar surface area (TPSA) is 47.0 Å². The maximum Gasteiger partial charge on any atom is 0.153 e. The molecule has 0 radical (unpaired) electrons. The fraction of sp³-hybridized carbons (Fsp3) is 0.636. The van der Waals surface area contributed by atoms with E-state index in [-0.39, 0.29) is 5.60 Å². The molecule has 0 amide bonds. The Morgan fingerprint density at radius 3 is 2.93 bits per heavy atom. The van der Waals surface area contributed by atoms with Crippen LogP contribution in [0.4, 0.5) is 0 Å². The van der Waals surface area contributed by atoms with Crippen LogP contribution in [0.2, 0.25) is 0 Å². The van der Waals surface area contributed by atoms with E-state index in [9.17, 15) is 0 Å². The number of aromatic nitrogens is 2. The lowest BCUT2D eigenvalue weighted by molar-refractivity contribution is -0.0596. The van der Waals surface area contributed by atoms with Crippen molar-refractivity contribution in [2.24, 2.45) is 0 Å². The number of piperidine rings is 1. The van der Waals surface area contributed by atoms with E-state index in [1.165, 1.54) is 6.42 Å². The summed E-state index contributed by atoms with van der Waals surface area (Å²) >= 11 is 0. The molecule has 1 saturated heterocycles. The molecule has 1 aliphatic heterocycles. The molecular weight excluding hydrogens is 190 g/mol. The van der Waals surface area contributed by atoms with Gasteiger partial charge < -0.3 is 10.1 Å². The molecular formula is C11H17N3O. The van der Waals surface area contributed by atoms with Gasteiger partial charge in [-0.1, -0.05) is 0 Å². The molecule has 82 valence electrons. The molecule has 1 N–H and O–H groups in total. The normalized spacial score (nSPS) is 26.5. The van der Waals surface area contributed by atoms with Crippen LogP contribution >= 0.6 is 0 Å². The summed E-state index contributed by atoms with van der Waals surface area (Å²) in [5.41, 5.74) is -0.0581. The molecule has 1 unspecified atom stereocenters. The van der Waals surface area contributed by atoms with Gasteiger partial charge in [0.25, 0.3) is 0 Å². The fourth-order valence-corrected chi connectivity index (χ4v) is 1.80. The lowest BCUT2D eigenvalue weighted by Gasteiger charge is -2.33. The third-order valence-corrected chi connectivity index (χ3v) is 2.73. The number of hydrogen-bond acceptors (Lipinski definition) is 4. The summed E-state index contributed by atoms with van der Waals surface area (Å²) in [4.78, 5) is 8.28. The van der Waals surface area contributed by atoms with Crippen LogP contribution in [-0.2, 0) is 11.3 Å². The Balaban J connectivity index is 1.87. The Labute approximate surface area is 90.1 Å². The summed E-state index contributed by atoms with van der Waals surface area (Å²) in [6.07, 6.45) is 5.76. The zero-order valence-corrected chi connectivity index (χ0v) is 9.07. The molecule has 0 saturated carbocycles. The summed E-state index contributed by atoms with van der Waals surface area (Å²) in [6.45, 7) is 4.65. The summed E-state index contributed by atoms with van der Waals surface area (Å²) in [5, 5.41) is 3.35. The molecule has 1 aliphatic rings. The number of nitrogens with one attached hydrogen (secondary N) is 1. The average Bonchev–Trinajstić information content (AvgIpc) is 2.29. The van der Waals surface area contributed by atoms with Crippen molar-refractivity contribution in [2.45, 2.75) is 32.0 Å². The predicted molar refractivity (Wildman–Crippen MR) is 57.3 cm³/mol. The largest absolute Gasteiger partial charge is 0.366 e. The molecule has 1 atom stereocenters. The zero-order valence-electron chi connectivity index (χ0n) is 9.07. The van der Waals surface area contributed by atoms with Crippen molar-refractivity contribution in [1.29, 1.82) is 0 Å². The molecule has 0 aliphatic carbocycles. The maximum atomic E-state index is 5.87. The third kappa shape index (κ3) is 2.97. The lowest BCUT2D eigenvalue weighted by Crippen LogP contribution is -2.45. The van der Waals surface area contributed by atoms with Gasteiger partial charge in [-0.25, -0.2) is 9.97 Å². The van der Waals surface area contributed by atoms with Crippen LogP contribution in [0.15, 0.2) is 18.5 Å². The van der Waals surface area contributed by atoms with Crippen molar-refractivity contribution in [2.75, 3.05) is 13.1 Å². The summed E-state index contributed by atoms with van der Waals surface area (Å²) in [5.74, 6) is 0.754. The number of hydrogen-bond donors (Lipinski definition) is 1. The minimum absolute atomic E-state index is 0.0581. The van der Waals surface area contributed by atoms with Crippen LogP contribution in [0.3, 0.4) is 0 Å². The van der Waals surface area contributed by atoms with Crippen molar-refractivity contribution in [3.05, 3.63) is 24.3 Å². The summed E-state index contributed by atoms with van der Waals surface area (Å²) in [7, 11) is 0. The van der Waals surface area contributed by atoms with E-state index in [1.807, 2.05) is 6.07 Å². The van der Waals surface area contributed by atoms with E-state index < -0.39 is 0 Å². The first-order valence-electron chi connectivity index (χ1n) is 5.39. The van der Waals surface area contributed by atoms with Gasteiger partial charge in [0.05, 0.1) is 5.60 Å². The summed E-state index contributed by atoms with van der Waals surface area (Å²) < 4.78 is 5.87. The molecule has 0 spiro atoms. The first kappa shape index (κ1) is 10.5. The molecule has 4 nitrogen and oxygen atoms in total. The Morgan fingerprint density at radius 1 is 1.47 bits per heavy atom. The Morgan fingerprint density at radius 2 is 2.27 bits per heavy atom. The van der Waals surface area contributed by atoms with Gasteiger partial charge in [0.2, 0.25) is 0 Å². The molecule has 0 aromatic carbocycles. The Bertz CT molecular complexity index is 296. The van der Waals surface area contributed by atoms with E-state index in [4.69, 9.17) is 4.74 Å². The van der Waals surface area contributed by atoms with Gasteiger partial charge in [0.15, 0.2) is 5.82 Å². The fourth-order valence-electron chi connectivity index (χ4n) is 1.80. The van der Waals surface area contributed by atoms with Crippen LogP contribution in [0.5, 0.6) is 0 Å². The highest BCUT2D eigenvalue weighted by Gasteiger charge is 2.27. The smallest absolute Gasteiger partial charge is 0.153 e. The molecule has 1 fully saturated rings. The second-order valence-electron chi connectivity index (χ2n) is 4.18. The van der Waals surface area contributed by atoms with Crippen LogP contribution < -0.4 is 5.32 Å². The second kappa shape index (κ2) is 4.68. The van der Waals surface area contributed by atoms with Gasteiger partial charge in [-0.2, -0.15) is 0 Å². The third-order valence-electron chi connectivity index (χ3n) is 2.73. The van der Waals surface area contributed by atoms with E-state index in [0.717, 1.165) is 25.3 Å². The predicted octanol–water partition coefficient (Wildman–Crippen LogP) is 1.14. The van der Waals surface area contributed by atoms with Gasteiger partial charge in [-0.15, -0.1) is 0 Å². The van der Waals surface area contributed by atoms with Gasteiger partial charge in [-0.05, 0) is 32.4 Å². The summed E-state index contributed by atoms with van der Waals surface area (Å²) in [6, 6.07) is 1.81. The molecule has 15 heavy (non-hydrogen) atoms. The number of rotatable bonds is 3.